The maximum atomic E-state index is 5.41. The molecule has 13 heavy (non-hydrogen) atoms. The van der Waals surface area contributed by atoms with Gasteiger partial charge in [-0.3, -0.25) is 0 Å². The van der Waals surface area contributed by atoms with E-state index in [4.69, 9.17) is 4.18 Å². The van der Waals surface area contributed by atoms with Crippen molar-refractivity contribution in [3.63, 3.8) is 0 Å². The molecule has 0 bridgehead atoms. The predicted octanol–water partition coefficient (Wildman–Crippen LogP) is 2.27. The summed E-state index contributed by atoms with van der Waals surface area (Å²) in [6, 6.07) is 10.1. The van der Waals surface area contributed by atoms with Crippen LogP contribution in [-0.4, -0.2) is 32.1 Å². The summed E-state index contributed by atoms with van der Waals surface area (Å²) in [5.74, 6) is 0. The molecule has 0 spiro atoms. The van der Waals surface area contributed by atoms with Crippen LogP contribution in [0.4, 0.5) is 0 Å². The van der Waals surface area contributed by atoms with Crippen LogP contribution in [0, 0.1) is 0 Å². The lowest BCUT2D eigenvalue weighted by Gasteiger charge is -2.08. The third-order valence-corrected chi connectivity index (χ3v) is 2.27. The van der Waals surface area contributed by atoms with Crippen LogP contribution in [0.1, 0.15) is 0 Å². The van der Waals surface area contributed by atoms with E-state index >= 15 is 0 Å². The van der Waals surface area contributed by atoms with Gasteiger partial charge in [-0.05, 0) is 26.2 Å². The monoisotopic (exact) mass is 197 g/mol. The lowest BCUT2D eigenvalue weighted by Crippen LogP contribution is -2.16. The van der Waals surface area contributed by atoms with Crippen molar-refractivity contribution in [1.82, 2.24) is 4.90 Å². The normalized spacial score (nSPS) is 10.7. The number of likely N-dealkylation sites (N-methyl/N-ethyl adjacent to an activating group) is 1. The van der Waals surface area contributed by atoms with Gasteiger partial charge >= 0.3 is 0 Å². The van der Waals surface area contributed by atoms with Crippen molar-refractivity contribution in [1.29, 1.82) is 0 Å². The minimum atomic E-state index is 0.757. The van der Waals surface area contributed by atoms with Gasteiger partial charge in [0, 0.05) is 23.5 Å². The Morgan fingerprint density at radius 1 is 1.23 bits per heavy atom. The highest BCUT2D eigenvalue weighted by Crippen LogP contribution is 2.17. The lowest BCUT2D eigenvalue weighted by atomic mass is 10.4. The van der Waals surface area contributed by atoms with Crippen LogP contribution >= 0.6 is 12.0 Å². The third kappa shape index (κ3) is 4.93. The largest absolute Gasteiger partial charge is 0.309 e. The Morgan fingerprint density at radius 2 is 1.92 bits per heavy atom. The Balaban J connectivity index is 2.13. The van der Waals surface area contributed by atoms with Crippen molar-refractivity contribution in [2.24, 2.45) is 0 Å². The number of hydrogen-bond acceptors (Lipinski definition) is 3. The van der Waals surface area contributed by atoms with Gasteiger partial charge in [-0.1, -0.05) is 18.2 Å². The smallest absolute Gasteiger partial charge is 0.0745 e. The van der Waals surface area contributed by atoms with Gasteiger partial charge in [0.1, 0.15) is 0 Å². The molecule has 0 unspecified atom stereocenters. The minimum absolute atomic E-state index is 0.757. The molecule has 0 aliphatic heterocycles. The molecule has 1 aromatic carbocycles. The molecule has 0 heterocycles. The van der Waals surface area contributed by atoms with E-state index < -0.39 is 0 Å². The average molecular weight is 197 g/mol. The van der Waals surface area contributed by atoms with Gasteiger partial charge in [-0.15, -0.1) is 0 Å². The molecule has 0 atom stereocenters. The second-order valence-electron chi connectivity index (χ2n) is 3.02. The van der Waals surface area contributed by atoms with E-state index in [2.05, 4.69) is 4.90 Å². The summed E-state index contributed by atoms with van der Waals surface area (Å²) in [4.78, 5) is 3.26. The molecule has 0 amide bonds. The zero-order valence-corrected chi connectivity index (χ0v) is 8.88. The Morgan fingerprint density at radius 3 is 2.54 bits per heavy atom. The predicted molar refractivity (Wildman–Crippen MR) is 56.8 cm³/mol. The molecule has 0 aromatic heterocycles. The van der Waals surface area contributed by atoms with Crippen LogP contribution in [0.15, 0.2) is 35.2 Å². The molecule has 3 heteroatoms. The number of hydrogen-bond donors (Lipinski definition) is 0. The van der Waals surface area contributed by atoms with Crippen molar-refractivity contribution in [2.45, 2.75) is 4.90 Å². The zero-order chi connectivity index (χ0) is 9.52. The molecule has 0 saturated carbocycles. The van der Waals surface area contributed by atoms with Crippen LogP contribution in [0.3, 0.4) is 0 Å². The van der Waals surface area contributed by atoms with E-state index in [0.717, 1.165) is 18.0 Å². The van der Waals surface area contributed by atoms with E-state index in [-0.39, 0.29) is 0 Å². The maximum absolute atomic E-state index is 5.41. The first-order valence-corrected chi connectivity index (χ1v) is 5.02. The summed E-state index contributed by atoms with van der Waals surface area (Å²) < 4.78 is 5.41. The average Bonchev–Trinajstić information content (AvgIpc) is 2.14. The third-order valence-electron chi connectivity index (χ3n) is 1.52. The zero-order valence-electron chi connectivity index (χ0n) is 8.06. The summed E-state index contributed by atoms with van der Waals surface area (Å²) in [5, 5.41) is 0. The molecule has 0 radical (unpaired) electrons. The summed E-state index contributed by atoms with van der Waals surface area (Å²) in [6.07, 6.45) is 0. The fourth-order valence-electron chi connectivity index (χ4n) is 0.806. The molecular weight excluding hydrogens is 182 g/mol. The molecular formula is C10H15NOS. The van der Waals surface area contributed by atoms with Crippen molar-refractivity contribution in [2.75, 3.05) is 27.2 Å². The summed E-state index contributed by atoms with van der Waals surface area (Å²) in [5.41, 5.74) is 0. The van der Waals surface area contributed by atoms with Crippen molar-refractivity contribution < 1.29 is 4.18 Å². The van der Waals surface area contributed by atoms with Gasteiger partial charge in [0.25, 0.3) is 0 Å². The van der Waals surface area contributed by atoms with Gasteiger partial charge in [-0.2, -0.15) is 0 Å². The highest BCUT2D eigenvalue weighted by molar-refractivity contribution is 7.94. The van der Waals surface area contributed by atoms with Gasteiger partial charge in [0.05, 0.1) is 6.61 Å². The van der Waals surface area contributed by atoms with Crippen LogP contribution < -0.4 is 0 Å². The van der Waals surface area contributed by atoms with E-state index in [0.29, 0.717) is 0 Å². The quantitative estimate of drug-likeness (QED) is 0.531. The molecule has 0 fully saturated rings. The summed E-state index contributed by atoms with van der Waals surface area (Å²) >= 11 is 1.44. The van der Waals surface area contributed by atoms with E-state index in [1.807, 2.05) is 44.4 Å². The molecule has 0 saturated heterocycles. The maximum Gasteiger partial charge on any atom is 0.0745 e. The molecule has 0 aliphatic carbocycles. The Hall–Kier alpha value is -0.510. The molecule has 1 rings (SSSR count). The van der Waals surface area contributed by atoms with Crippen LogP contribution in [0.2, 0.25) is 0 Å². The van der Waals surface area contributed by atoms with Gasteiger partial charge in [0.15, 0.2) is 0 Å². The van der Waals surface area contributed by atoms with Crippen molar-refractivity contribution >= 4 is 12.0 Å². The standard InChI is InChI=1S/C10H15NOS/c1-11(2)8-9-12-13-10-6-4-3-5-7-10/h3-7H,8-9H2,1-2H3. The molecule has 2 nitrogen and oxygen atoms in total. The number of nitrogens with zero attached hydrogens (tertiary/aromatic N) is 1. The Kier molecular flexibility index (Phi) is 4.90. The minimum Gasteiger partial charge on any atom is -0.309 e. The number of benzene rings is 1. The fourth-order valence-corrected chi connectivity index (χ4v) is 1.37. The Bertz CT molecular complexity index is 226. The second-order valence-corrected chi connectivity index (χ2v) is 3.90. The van der Waals surface area contributed by atoms with E-state index in [9.17, 15) is 0 Å². The first-order valence-electron chi connectivity index (χ1n) is 4.28. The number of rotatable bonds is 5. The first-order chi connectivity index (χ1) is 6.29. The highest BCUT2D eigenvalue weighted by Gasteiger charge is 1.93. The lowest BCUT2D eigenvalue weighted by molar-refractivity contribution is 0.293. The van der Waals surface area contributed by atoms with Crippen LogP contribution in [0.5, 0.6) is 0 Å². The Labute approximate surface area is 84.1 Å². The molecule has 72 valence electrons. The van der Waals surface area contributed by atoms with Crippen LogP contribution in [0.25, 0.3) is 0 Å². The second kappa shape index (κ2) is 6.02. The highest BCUT2D eigenvalue weighted by atomic mass is 32.2. The van der Waals surface area contributed by atoms with E-state index in [1.165, 1.54) is 12.0 Å². The SMILES string of the molecule is CN(C)CCOSc1ccccc1. The van der Waals surface area contributed by atoms with Gasteiger partial charge < -0.3 is 9.08 Å². The van der Waals surface area contributed by atoms with Gasteiger partial charge in [0.2, 0.25) is 0 Å². The van der Waals surface area contributed by atoms with E-state index in [1.54, 1.807) is 0 Å². The fraction of sp³-hybridized carbons (Fsp3) is 0.400. The first kappa shape index (κ1) is 10.6. The topological polar surface area (TPSA) is 12.5 Å². The van der Waals surface area contributed by atoms with Crippen molar-refractivity contribution in [3.05, 3.63) is 30.3 Å². The summed E-state index contributed by atoms with van der Waals surface area (Å²) in [7, 11) is 4.08. The molecule has 1 aromatic rings. The van der Waals surface area contributed by atoms with Crippen LogP contribution in [-0.2, 0) is 4.18 Å². The summed E-state index contributed by atoms with van der Waals surface area (Å²) in [6.45, 7) is 1.71. The van der Waals surface area contributed by atoms with Crippen molar-refractivity contribution in [3.8, 4) is 0 Å². The molecule has 0 N–H and O–H groups in total. The van der Waals surface area contributed by atoms with Gasteiger partial charge in [-0.25, -0.2) is 0 Å². The molecule has 0 aliphatic rings.